The Morgan fingerprint density at radius 3 is 2.42 bits per heavy atom. The lowest BCUT2D eigenvalue weighted by Crippen LogP contribution is -2.45. The number of aryl methyl sites for hydroxylation is 1. The van der Waals surface area contributed by atoms with Gasteiger partial charge in [0.2, 0.25) is 5.91 Å². The van der Waals surface area contributed by atoms with E-state index in [2.05, 4.69) is 4.98 Å². The van der Waals surface area contributed by atoms with Gasteiger partial charge in [0.05, 0.1) is 22.8 Å². The number of hydrogen-bond donors (Lipinski definition) is 0. The molecule has 2 fully saturated rings. The van der Waals surface area contributed by atoms with Crippen molar-refractivity contribution in [1.29, 1.82) is 5.26 Å². The van der Waals surface area contributed by atoms with Gasteiger partial charge in [0.25, 0.3) is 5.91 Å². The van der Waals surface area contributed by atoms with Crippen LogP contribution in [0.2, 0.25) is 0 Å². The van der Waals surface area contributed by atoms with Crippen molar-refractivity contribution in [2.24, 2.45) is 5.41 Å². The highest BCUT2D eigenvalue weighted by Gasteiger charge is 2.50. The Hall–Kier alpha value is -3.61. The van der Waals surface area contributed by atoms with Crippen molar-refractivity contribution in [3.05, 3.63) is 58.9 Å². The van der Waals surface area contributed by atoms with Gasteiger partial charge in [-0.05, 0) is 61.9 Å². The Morgan fingerprint density at radius 1 is 1.17 bits per heavy atom. The van der Waals surface area contributed by atoms with Gasteiger partial charge in [-0.3, -0.25) is 14.6 Å². The molecule has 7 nitrogen and oxygen atoms in total. The molecule has 0 aliphatic carbocycles. The molecule has 4 rings (SSSR count). The normalized spacial score (nSPS) is 19.3. The molecule has 2 amide bonds. The number of hydrogen-bond acceptors (Lipinski definition) is 5. The first-order chi connectivity index (χ1) is 16.9. The maximum absolute atomic E-state index is 13.4. The minimum absolute atomic E-state index is 0.148. The van der Waals surface area contributed by atoms with Crippen LogP contribution in [-0.2, 0) is 11.0 Å². The molecule has 0 radical (unpaired) electrons. The van der Waals surface area contributed by atoms with E-state index >= 15 is 0 Å². The molecule has 190 valence electrons. The van der Waals surface area contributed by atoms with Gasteiger partial charge in [-0.1, -0.05) is 0 Å². The van der Waals surface area contributed by atoms with Crippen LogP contribution in [0.4, 0.5) is 18.9 Å². The van der Waals surface area contributed by atoms with E-state index in [-0.39, 0.29) is 17.2 Å². The van der Waals surface area contributed by atoms with Gasteiger partial charge in [-0.25, -0.2) is 0 Å². The zero-order valence-corrected chi connectivity index (χ0v) is 20.5. The molecule has 0 saturated carbocycles. The van der Waals surface area contributed by atoms with Crippen molar-refractivity contribution in [2.75, 3.05) is 38.6 Å². The molecule has 2 saturated heterocycles. The van der Waals surface area contributed by atoms with Crippen molar-refractivity contribution in [3.63, 3.8) is 0 Å². The van der Waals surface area contributed by atoms with Crippen molar-refractivity contribution >= 4 is 17.5 Å². The largest absolute Gasteiger partial charge is 0.417 e. The molecule has 1 spiro atoms. The van der Waals surface area contributed by atoms with Crippen LogP contribution in [0.25, 0.3) is 0 Å². The summed E-state index contributed by atoms with van der Waals surface area (Å²) in [5.41, 5.74) is -0.0314. The van der Waals surface area contributed by atoms with Crippen LogP contribution in [0.3, 0.4) is 0 Å². The van der Waals surface area contributed by atoms with E-state index in [1.165, 1.54) is 17.2 Å². The van der Waals surface area contributed by atoms with Crippen LogP contribution in [0, 0.1) is 23.7 Å². The van der Waals surface area contributed by atoms with Crippen molar-refractivity contribution < 1.29 is 22.8 Å². The van der Waals surface area contributed by atoms with Gasteiger partial charge in [-0.15, -0.1) is 0 Å². The number of nitrogens with zero attached hydrogens (tertiary/aromatic N) is 5. The van der Waals surface area contributed by atoms with Gasteiger partial charge in [0.1, 0.15) is 6.04 Å². The predicted molar refractivity (Wildman–Crippen MR) is 127 cm³/mol. The van der Waals surface area contributed by atoms with Crippen LogP contribution in [-0.4, -0.2) is 66.4 Å². The number of carbonyl (C=O) groups is 2. The predicted octanol–water partition coefficient (Wildman–Crippen LogP) is 3.87. The van der Waals surface area contributed by atoms with E-state index in [1.54, 1.807) is 43.3 Å². The molecule has 2 aliphatic rings. The smallest absolute Gasteiger partial charge is 0.371 e. The molecule has 1 atom stereocenters. The highest BCUT2D eigenvalue weighted by Crippen LogP contribution is 2.45. The Morgan fingerprint density at radius 2 is 1.86 bits per heavy atom. The zero-order valence-electron chi connectivity index (χ0n) is 20.5. The summed E-state index contributed by atoms with van der Waals surface area (Å²) in [6.07, 6.45) is -1.34. The van der Waals surface area contributed by atoms with E-state index in [1.807, 2.05) is 11.8 Å². The number of aromatic nitrogens is 1. The molecule has 2 aliphatic heterocycles. The molecule has 1 unspecified atom stereocenters. The first kappa shape index (κ1) is 25.5. The molecule has 2 aromatic rings. The van der Waals surface area contributed by atoms with E-state index in [0.717, 1.165) is 11.8 Å². The van der Waals surface area contributed by atoms with Crippen LogP contribution >= 0.6 is 0 Å². The first-order valence-corrected chi connectivity index (χ1v) is 11.8. The van der Waals surface area contributed by atoms with E-state index < -0.39 is 23.3 Å². The average molecular weight is 500 g/mol. The Bertz CT molecular complexity index is 1200. The van der Waals surface area contributed by atoms with Crippen molar-refractivity contribution in [3.8, 4) is 6.07 Å². The van der Waals surface area contributed by atoms with E-state index in [9.17, 15) is 22.8 Å². The third kappa shape index (κ3) is 4.87. The number of benzene rings is 1. The van der Waals surface area contributed by atoms with Crippen molar-refractivity contribution in [2.45, 2.75) is 38.4 Å². The lowest BCUT2D eigenvalue weighted by atomic mass is 9.76. The van der Waals surface area contributed by atoms with Gasteiger partial charge in [-0.2, -0.15) is 18.4 Å². The number of carbonyl (C=O) groups excluding carboxylic acids is 2. The number of rotatable bonds is 3. The number of likely N-dealkylation sites (N-methyl/N-ethyl adjacent to an activating group) is 1. The number of alkyl halides is 3. The molecule has 10 heteroatoms. The number of likely N-dealkylation sites (tertiary alicyclic amines) is 1. The summed E-state index contributed by atoms with van der Waals surface area (Å²) < 4.78 is 40.3. The SMILES string of the molecule is Cc1ccc(C(=O)N2CC3(CCN(c4ccc(C#N)c(C(F)(F)F)c4)CC3)CC2C(=O)N(C)C)cn1. The maximum Gasteiger partial charge on any atom is 0.417 e. The topological polar surface area (TPSA) is 80.5 Å². The molecule has 1 aromatic heterocycles. The fourth-order valence-corrected chi connectivity index (χ4v) is 5.21. The molecular weight excluding hydrogens is 471 g/mol. The van der Waals surface area contributed by atoms with Crippen molar-refractivity contribution in [1.82, 2.24) is 14.8 Å². The number of pyridine rings is 1. The summed E-state index contributed by atoms with van der Waals surface area (Å²) in [5.74, 6) is -0.395. The summed E-state index contributed by atoms with van der Waals surface area (Å²) in [5, 5.41) is 9.07. The second-order valence-corrected chi connectivity index (χ2v) is 9.90. The maximum atomic E-state index is 13.4. The van der Waals surface area contributed by atoms with E-state index in [0.29, 0.717) is 50.1 Å². The molecule has 3 heterocycles. The summed E-state index contributed by atoms with van der Waals surface area (Å²) >= 11 is 0. The monoisotopic (exact) mass is 499 g/mol. The number of amides is 2. The average Bonchev–Trinajstić information content (AvgIpc) is 3.22. The van der Waals surface area contributed by atoms with Crippen LogP contribution in [0.15, 0.2) is 36.5 Å². The first-order valence-electron chi connectivity index (χ1n) is 11.8. The summed E-state index contributed by atoms with van der Waals surface area (Å²) in [6, 6.07) is 8.25. The minimum atomic E-state index is -4.62. The fraction of sp³-hybridized carbons (Fsp3) is 0.462. The zero-order chi connectivity index (χ0) is 26.3. The molecule has 0 bridgehead atoms. The number of piperidine rings is 1. The molecular formula is C26H28F3N5O2. The fourth-order valence-electron chi connectivity index (χ4n) is 5.21. The number of anilines is 1. The quantitative estimate of drug-likeness (QED) is 0.641. The number of nitriles is 1. The van der Waals surface area contributed by atoms with Gasteiger partial charge in [0.15, 0.2) is 0 Å². The van der Waals surface area contributed by atoms with Gasteiger partial charge < -0.3 is 14.7 Å². The molecule has 0 N–H and O–H groups in total. The second kappa shape index (κ2) is 9.45. The Kier molecular flexibility index (Phi) is 6.69. The molecule has 36 heavy (non-hydrogen) atoms. The summed E-state index contributed by atoms with van der Waals surface area (Å²) in [6.45, 7) is 3.20. The third-order valence-corrected chi connectivity index (χ3v) is 7.27. The van der Waals surface area contributed by atoms with Gasteiger partial charge >= 0.3 is 6.18 Å². The van der Waals surface area contributed by atoms with Crippen LogP contribution in [0.5, 0.6) is 0 Å². The van der Waals surface area contributed by atoms with E-state index in [4.69, 9.17) is 5.26 Å². The molecule has 1 aromatic carbocycles. The Balaban J connectivity index is 1.55. The lowest BCUT2D eigenvalue weighted by Gasteiger charge is -2.40. The van der Waals surface area contributed by atoms with Crippen LogP contribution < -0.4 is 4.90 Å². The van der Waals surface area contributed by atoms with Gasteiger partial charge in [0, 0.05) is 51.3 Å². The summed E-state index contributed by atoms with van der Waals surface area (Å²) in [4.78, 5) is 35.6. The highest BCUT2D eigenvalue weighted by atomic mass is 19.4. The minimum Gasteiger partial charge on any atom is -0.371 e. The number of halogens is 3. The second-order valence-electron chi connectivity index (χ2n) is 9.90. The standard InChI is InChI=1S/C26H28F3N5O2/c1-17-4-5-19(15-31-17)23(35)34-16-25(13-22(34)24(36)32(2)3)8-10-33(11-9-25)20-7-6-18(14-30)21(12-20)26(27,28)29/h4-7,12,15,22H,8-11,13,16H2,1-3H3. The Labute approximate surface area is 208 Å². The summed E-state index contributed by atoms with van der Waals surface area (Å²) in [7, 11) is 3.32. The highest BCUT2D eigenvalue weighted by molar-refractivity contribution is 5.97. The third-order valence-electron chi connectivity index (χ3n) is 7.27. The lowest BCUT2D eigenvalue weighted by molar-refractivity contribution is -0.137. The van der Waals surface area contributed by atoms with Crippen LogP contribution in [0.1, 0.15) is 46.4 Å².